The Labute approximate surface area is 171 Å². The maximum Gasteiger partial charge on any atom is 0.326 e. The fourth-order valence-electron chi connectivity index (χ4n) is 2.23. The highest BCUT2D eigenvalue weighted by molar-refractivity contribution is 5.93. The molecule has 30 heavy (non-hydrogen) atoms. The van der Waals surface area contributed by atoms with Crippen LogP contribution in [0.2, 0.25) is 0 Å². The second-order valence-corrected chi connectivity index (χ2v) is 6.32. The maximum absolute atomic E-state index is 12.4. The molecule has 0 aliphatic heterocycles. The normalized spacial score (nSPS) is 13.4. The number of unbranched alkanes of at least 4 members (excludes halogenated alkanes) is 1. The van der Waals surface area contributed by atoms with Crippen molar-refractivity contribution in [2.75, 3.05) is 13.1 Å². The predicted molar refractivity (Wildman–Crippen MR) is 99.9 cm³/mol. The third-order valence-corrected chi connectivity index (χ3v) is 3.75. The molecular weight excluding hydrogens is 406 g/mol. The number of carboxylic acid groups (broad SMARTS) is 3. The first-order valence-electron chi connectivity index (χ1n) is 8.97. The van der Waals surface area contributed by atoms with Crippen molar-refractivity contribution in [2.45, 2.75) is 50.2 Å². The summed E-state index contributed by atoms with van der Waals surface area (Å²) in [5.41, 5.74) is 10.7. The number of nitrogens with two attached hydrogens (primary N) is 2. The average Bonchev–Trinajstić information content (AvgIpc) is 2.63. The fourth-order valence-corrected chi connectivity index (χ4v) is 2.23. The SMILES string of the molecule is NCCCCC(NC(=O)CNC(=O)C(N)CC(=O)O)C(=O)NC(CC(=O)O)C(=O)O. The summed E-state index contributed by atoms with van der Waals surface area (Å²) in [4.78, 5) is 68.4. The van der Waals surface area contributed by atoms with Crippen LogP contribution in [0.15, 0.2) is 0 Å². The molecule has 0 aromatic rings. The number of hydrogen-bond acceptors (Lipinski definition) is 8. The number of carbonyl (C=O) groups is 6. The molecule has 0 aliphatic carbocycles. The molecule has 0 radical (unpaired) electrons. The zero-order chi connectivity index (χ0) is 23.3. The molecule has 10 N–H and O–H groups in total. The minimum absolute atomic E-state index is 0.0840. The number of carbonyl (C=O) groups excluding carboxylic acids is 3. The number of amides is 3. The van der Waals surface area contributed by atoms with Crippen LogP contribution in [0.25, 0.3) is 0 Å². The van der Waals surface area contributed by atoms with Crippen molar-refractivity contribution in [2.24, 2.45) is 11.5 Å². The first-order valence-corrected chi connectivity index (χ1v) is 8.97. The van der Waals surface area contributed by atoms with Crippen LogP contribution in [0.4, 0.5) is 0 Å². The van der Waals surface area contributed by atoms with Crippen LogP contribution in [-0.2, 0) is 28.8 Å². The summed E-state index contributed by atoms with van der Waals surface area (Å²) in [7, 11) is 0. The fraction of sp³-hybridized carbons (Fsp3) is 0.625. The third kappa shape index (κ3) is 11.6. The summed E-state index contributed by atoms with van der Waals surface area (Å²) in [5.74, 6) is -6.91. The number of nitrogens with one attached hydrogen (secondary N) is 3. The van der Waals surface area contributed by atoms with E-state index < -0.39 is 73.1 Å². The Morgan fingerprint density at radius 2 is 1.40 bits per heavy atom. The van der Waals surface area contributed by atoms with Gasteiger partial charge in [0.05, 0.1) is 25.4 Å². The van der Waals surface area contributed by atoms with Gasteiger partial charge >= 0.3 is 17.9 Å². The van der Waals surface area contributed by atoms with Gasteiger partial charge in [-0.05, 0) is 25.8 Å². The summed E-state index contributed by atoms with van der Waals surface area (Å²) in [5, 5.41) is 32.8. The lowest BCUT2D eigenvalue weighted by Gasteiger charge is -2.21. The van der Waals surface area contributed by atoms with Crippen LogP contribution >= 0.6 is 0 Å². The van der Waals surface area contributed by atoms with Crippen molar-refractivity contribution in [3.05, 3.63) is 0 Å². The van der Waals surface area contributed by atoms with Gasteiger partial charge in [0.1, 0.15) is 12.1 Å². The van der Waals surface area contributed by atoms with E-state index in [-0.39, 0.29) is 6.42 Å². The molecule has 0 saturated carbocycles. The second-order valence-electron chi connectivity index (χ2n) is 6.32. The monoisotopic (exact) mass is 433 g/mol. The molecule has 0 rings (SSSR count). The van der Waals surface area contributed by atoms with Crippen molar-refractivity contribution in [1.82, 2.24) is 16.0 Å². The Morgan fingerprint density at radius 1 is 0.800 bits per heavy atom. The first kappa shape index (κ1) is 26.7. The van der Waals surface area contributed by atoms with Crippen LogP contribution < -0.4 is 27.4 Å². The summed E-state index contributed by atoms with van der Waals surface area (Å²) in [6.07, 6.45) is -0.500. The van der Waals surface area contributed by atoms with E-state index in [0.29, 0.717) is 19.4 Å². The van der Waals surface area contributed by atoms with Gasteiger partial charge in [0, 0.05) is 0 Å². The van der Waals surface area contributed by atoms with E-state index in [1.54, 1.807) is 0 Å². The first-order chi connectivity index (χ1) is 14.0. The van der Waals surface area contributed by atoms with Crippen LogP contribution in [0.3, 0.4) is 0 Å². The lowest BCUT2D eigenvalue weighted by atomic mass is 10.1. The second kappa shape index (κ2) is 13.8. The molecule has 170 valence electrons. The maximum atomic E-state index is 12.4. The molecular formula is C16H27N5O9. The quantitative estimate of drug-likeness (QED) is 0.118. The Balaban J connectivity index is 4.93. The molecule has 0 aliphatic rings. The number of rotatable bonds is 15. The van der Waals surface area contributed by atoms with Crippen LogP contribution in [0.1, 0.15) is 32.1 Å². The predicted octanol–water partition coefficient (Wildman–Crippen LogP) is -3.44. The smallest absolute Gasteiger partial charge is 0.326 e. The summed E-state index contributed by atoms with van der Waals surface area (Å²) in [6, 6.07) is -4.27. The molecule has 0 spiro atoms. The highest BCUT2D eigenvalue weighted by Gasteiger charge is 2.28. The van der Waals surface area contributed by atoms with Gasteiger partial charge in [-0.2, -0.15) is 0 Å². The van der Waals surface area contributed by atoms with Crippen LogP contribution in [0.5, 0.6) is 0 Å². The van der Waals surface area contributed by atoms with E-state index in [9.17, 15) is 28.8 Å². The van der Waals surface area contributed by atoms with E-state index in [1.807, 2.05) is 5.32 Å². The largest absolute Gasteiger partial charge is 0.481 e. The molecule has 0 fully saturated rings. The molecule has 0 heterocycles. The van der Waals surface area contributed by atoms with Gasteiger partial charge in [-0.3, -0.25) is 24.0 Å². The average molecular weight is 433 g/mol. The molecule has 3 atom stereocenters. The van der Waals surface area contributed by atoms with E-state index >= 15 is 0 Å². The highest BCUT2D eigenvalue weighted by Crippen LogP contribution is 2.03. The number of aliphatic carboxylic acids is 3. The van der Waals surface area contributed by atoms with Gasteiger partial charge in [0.2, 0.25) is 17.7 Å². The zero-order valence-electron chi connectivity index (χ0n) is 16.1. The minimum Gasteiger partial charge on any atom is -0.481 e. The van der Waals surface area contributed by atoms with Gasteiger partial charge in [0.25, 0.3) is 0 Å². The number of carboxylic acids is 3. The van der Waals surface area contributed by atoms with Crippen LogP contribution in [-0.4, -0.2) is 82.2 Å². The van der Waals surface area contributed by atoms with Gasteiger partial charge in [-0.1, -0.05) is 0 Å². The molecule has 0 aromatic heterocycles. The molecule has 0 bridgehead atoms. The van der Waals surface area contributed by atoms with Gasteiger partial charge in [0.15, 0.2) is 0 Å². The summed E-state index contributed by atoms with van der Waals surface area (Å²) < 4.78 is 0. The van der Waals surface area contributed by atoms with Gasteiger partial charge in [-0.25, -0.2) is 4.79 Å². The molecule has 0 aromatic carbocycles. The Hall–Kier alpha value is -3.26. The molecule has 14 heteroatoms. The standard InChI is InChI=1S/C16H27N5O9/c17-4-2-1-3-9(15(28)21-10(16(29)30)6-13(25)26)20-11(22)7-19-14(27)8(18)5-12(23)24/h8-10H,1-7,17-18H2,(H,19,27)(H,20,22)(H,21,28)(H,23,24)(H,25,26)(H,29,30). The lowest BCUT2D eigenvalue weighted by molar-refractivity contribution is -0.147. The van der Waals surface area contributed by atoms with Gasteiger partial charge < -0.3 is 42.7 Å². The minimum atomic E-state index is -1.70. The lowest BCUT2D eigenvalue weighted by Crippen LogP contribution is -2.54. The van der Waals surface area contributed by atoms with E-state index in [0.717, 1.165) is 0 Å². The van der Waals surface area contributed by atoms with E-state index in [2.05, 4.69) is 10.6 Å². The summed E-state index contributed by atoms with van der Waals surface area (Å²) in [6.45, 7) is -0.291. The van der Waals surface area contributed by atoms with Crippen LogP contribution in [0, 0.1) is 0 Å². The zero-order valence-corrected chi connectivity index (χ0v) is 16.1. The van der Waals surface area contributed by atoms with Crippen molar-refractivity contribution in [3.63, 3.8) is 0 Å². The molecule has 14 nitrogen and oxygen atoms in total. The molecule has 3 amide bonds. The highest BCUT2D eigenvalue weighted by atomic mass is 16.4. The topological polar surface area (TPSA) is 251 Å². The Bertz CT molecular complexity index is 655. The molecule has 0 saturated heterocycles. The summed E-state index contributed by atoms with van der Waals surface area (Å²) >= 11 is 0. The van der Waals surface area contributed by atoms with Crippen molar-refractivity contribution in [3.8, 4) is 0 Å². The molecule has 3 unspecified atom stereocenters. The van der Waals surface area contributed by atoms with Gasteiger partial charge in [-0.15, -0.1) is 0 Å². The van der Waals surface area contributed by atoms with E-state index in [1.165, 1.54) is 0 Å². The van der Waals surface area contributed by atoms with Crippen molar-refractivity contribution in [1.29, 1.82) is 0 Å². The third-order valence-electron chi connectivity index (χ3n) is 3.75. The van der Waals surface area contributed by atoms with E-state index in [4.69, 9.17) is 26.8 Å². The number of hydrogen-bond donors (Lipinski definition) is 8. The van der Waals surface area contributed by atoms with Crippen molar-refractivity contribution < 1.29 is 44.1 Å². The van der Waals surface area contributed by atoms with Crippen molar-refractivity contribution >= 4 is 35.6 Å². The Morgan fingerprint density at radius 3 is 1.90 bits per heavy atom. The Kier molecular flexibility index (Phi) is 12.3.